The second-order valence-electron chi connectivity index (χ2n) is 5.41. The Morgan fingerprint density at radius 2 is 1.57 bits per heavy atom. The predicted molar refractivity (Wildman–Crippen MR) is 95.0 cm³/mol. The molecule has 0 saturated heterocycles. The van der Waals surface area contributed by atoms with Crippen LogP contribution in [-0.4, -0.2) is 17.0 Å². The van der Waals surface area contributed by atoms with Gasteiger partial charge >= 0.3 is 0 Å². The molecular weight excluding hydrogens is 284 g/mol. The van der Waals surface area contributed by atoms with Gasteiger partial charge in [0.2, 0.25) is 5.95 Å². The fraction of sp³-hybridized carbons (Fsp3) is 0.158. The zero-order valence-corrected chi connectivity index (χ0v) is 13.3. The van der Waals surface area contributed by atoms with Gasteiger partial charge in [0.25, 0.3) is 0 Å². The van der Waals surface area contributed by atoms with Gasteiger partial charge in [-0.05, 0) is 30.7 Å². The molecular formula is C19H20N4. The quantitative estimate of drug-likeness (QED) is 0.757. The van der Waals surface area contributed by atoms with E-state index < -0.39 is 0 Å². The molecule has 0 bridgehead atoms. The molecule has 1 atom stereocenters. The van der Waals surface area contributed by atoms with E-state index in [0.29, 0.717) is 5.95 Å². The molecule has 0 spiro atoms. The smallest absolute Gasteiger partial charge is 0.231 e. The van der Waals surface area contributed by atoms with Gasteiger partial charge in [-0.3, -0.25) is 0 Å². The third-order valence-corrected chi connectivity index (χ3v) is 3.75. The summed E-state index contributed by atoms with van der Waals surface area (Å²) in [4.78, 5) is 11.0. The molecule has 0 saturated carbocycles. The highest BCUT2D eigenvalue weighted by molar-refractivity contribution is 5.57. The molecule has 0 amide bonds. The van der Waals surface area contributed by atoms with Crippen LogP contribution in [-0.2, 0) is 0 Å². The van der Waals surface area contributed by atoms with Gasteiger partial charge < -0.3 is 10.2 Å². The monoisotopic (exact) mass is 304 g/mol. The molecule has 0 aliphatic rings. The molecule has 116 valence electrons. The van der Waals surface area contributed by atoms with E-state index in [1.807, 2.05) is 66.5 Å². The first kappa shape index (κ1) is 15.0. The SMILES string of the molecule is CC(Nc1ccnc(N(C)c2ccccc2)n1)c1ccccc1. The first-order valence-corrected chi connectivity index (χ1v) is 7.67. The molecule has 0 aliphatic heterocycles. The molecule has 0 radical (unpaired) electrons. The van der Waals surface area contributed by atoms with E-state index in [1.54, 1.807) is 6.20 Å². The van der Waals surface area contributed by atoms with Crippen LogP contribution < -0.4 is 10.2 Å². The van der Waals surface area contributed by atoms with Gasteiger partial charge in [-0.25, -0.2) is 4.98 Å². The topological polar surface area (TPSA) is 41.1 Å². The van der Waals surface area contributed by atoms with E-state index in [9.17, 15) is 0 Å². The Balaban J connectivity index is 1.78. The zero-order chi connectivity index (χ0) is 16.1. The molecule has 1 heterocycles. The molecule has 0 aliphatic carbocycles. The third-order valence-electron chi connectivity index (χ3n) is 3.75. The molecule has 1 N–H and O–H groups in total. The Kier molecular flexibility index (Phi) is 4.52. The Morgan fingerprint density at radius 1 is 0.913 bits per heavy atom. The highest BCUT2D eigenvalue weighted by Crippen LogP contribution is 2.22. The Hall–Kier alpha value is -2.88. The summed E-state index contributed by atoms with van der Waals surface area (Å²) in [7, 11) is 1.97. The van der Waals surface area contributed by atoms with Crippen LogP contribution in [0.1, 0.15) is 18.5 Å². The molecule has 1 unspecified atom stereocenters. The highest BCUT2D eigenvalue weighted by Gasteiger charge is 2.09. The number of hydrogen-bond donors (Lipinski definition) is 1. The maximum absolute atomic E-state index is 4.62. The van der Waals surface area contributed by atoms with Crippen LogP contribution in [0, 0.1) is 0 Å². The maximum atomic E-state index is 4.62. The van der Waals surface area contributed by atoms with Crippen LogP contribution >= 0.6 is 0 Å². The number of para-hydroxylation sites is 1. The van der Waals surface area contributed by atoms with E-state index in [-0.39, 0.29) is 6.04 Å². The van der Waals surface area contributed by atoms with Crippen molar-refractivity contribution in [2.75, 3.05) is 17.3 Å². The van der Waals surface area contributed by atoms with Crippen molar-refractivity contribution < 1.29 is 0 Å². The Bertz CT molecular complexity index is 744. The molecule has 4 nitrogen and oxygen atoms in total. The van der Waals surface area contributed by atoms with Crippen molar-refractivity contribution in [3.05, 3.63) is 78.5 Å². The first-order chi connectivity index (χ1) is 11.2. The fourth-order valence-electron chi connectivity index (χ4n) is 2.40. The van der Waals surface area contributed by atoms with Gasteiger partial charge in [-0.2, -0.15) is 4.98 Å². The minimum absolute atomic E-state index is 0.181. The molecule has 23 heavy (non-hydrogen) atoms. The predicted octanol–water partition coefficient (Wildman–Crippen LogP) is 4.42. The van der Waals surface area contributed by atoms with Crippen molar-refractivity contribution in [2.45, 2.75) is 13.0 Å². The second kappa shape index (κ2) is 6.92. The fourth-order valence-corrected chi connectivity index (χ4v) is 2.40. The van der Waals surface area contributed by atoms with Crippen molar-refractivity contribution in [1.29, 1.82) is 0 Å². The van der Waals surface area contributed by atoms with Gasteiger partial charge in [-0.1, -0.05) is 48.5 Å². The largest absolute Gasteiger partial charge is 0.363 e. The maximum Gasteiger partial charge on any atom is 0.231 e. The van der Waals surface area contributed by atoms with Gasteiger partial charge in [0, 0.05) is 25.0 Å². The summed E-state index contributed by atoms with van der Waals surface area (Å²) in [5, 5.41) is 3.43. The second-order valence-corrected chi connectivity index (χ2v) is 5.41. The van der Waals surface area contributed by atoms with Gasteiger partial charge in [-0.15, -0.1) is 0 Å². The normalized spacial score (nSPS) is 11.7. The summed E-state index contributed by atoms with van der Waals surface area (Å²) < 4.78 is 0. The standard InChI is InChI=1S/C19H20N4/c1-15(16-9-5-3-6-10-16)21-18-13-14-20-19(22-18)23(2)17-11-7-4-8-12-17/h3-15H,1-2H3,(H,20,21,22). The summed E-state index contributed by atoms with van der Waals surface area (Å²) in [6.07, 6.45) is 1.78. The van der Waals surface area contributed by atoms with Crippen LogP contribution in [0.4, 0.5) is 17.5 Å². The number of benzene rings is 2. The van der Waals surface area contributed by atoms with Crippen LogP contribution in [0.15, 0.2) is 72.9 Å². The van der Waals surface area contributed by atoms with Crippen molar-refractivity contribution in [1.82, 2.24) is 9.97 Å². The van der Waals surface area contributed by atoms with Crippen LogP contribution in [0.25, 0.3) is 0 Å². The summed E-state index contributed by atoms with van der Waals surface area (Å²) in [6, 6.07) is 22.5. The van der Waals surface area contributed by atoms with E-state index in [2.05, 4.69) is 34.3 Å². The number of aromatic nitrogens is 2. The average molecular weight is 304 g/mol. The molecule has 1 aromatic heterocycles. The first-order valence-electron chi connectivity index (χ1n) is 7.67. The average Bonchev–Trinajstić information content (AvgIpc) is 2.63. The minimum Gasteiger partial charge on any atom is -0.363 e. The molecule has 4 heteroatoms. The van der Waals surface area contributed by atoms with Gasteiger partial charge in [0.05, 0.1) is 0 Å². The summed E-state index contributed by atoms with van der Waals surface area (Å²) in [5.41, 5.74) is 2.28. The summed E-state index contributed by atoms with van der Waals surface area (Å²) in [5.74, 6) is 1.48. The van der Waals surface area contributed by atoms with Crippen molar-refractivity contribution in [2.24, 2.45) is 0 Å². The minimum atomic E-state index is 0.181. The number of nitrogens with zero attached hydrogens (tertiary/aromatic N) is 3. The van der Waals surface area contributed by atoms with Gasteiger partial charge in [0.15, 0.2) is 0 Å². The van der Waals surface area contributed by atoms with Crippen molar-refractivity contribution in [3.8, 4) is 0 Å². The number of rotatable bonds is 5. The lowest BCUT2D eigenvalue weighted by atomic mass is 10.1. The Labute approximate surface area is 136 Å². The summed E-state index contributed by atoms with van der Waals surface area (Å²) >= 11 is 0. The lowest BCUT2D eigenvalue weighted by molar-refractivity contribution is 0.870. The molecule has 0 fully saturated rings. The zero-order valence-electron chi connectivity index (χ0n) is 13.3. The van der Waals surface area contributed by atoms with E-state index in [4.69, 9.17) is 0 Å². The lowest BCUT2D eigenvalue weighted by Gasteiger charge is -2.19. The van der Waals surface area contributed by atoms with E-state index in [1.165, 1.54) is 5.56 Å². The van der Waals surface area contributed by atoms with E-state index in [0.717, 1.165) is 11.5 Å². The molecule has 2 aromatic carbocycles. The number of hydrogen-bond acceptors (Lipinski definition) is 4. The molecule has 3 aromatic rings. The number of nitrogens with one attached hydrogen (secondary N) is 1. The van der Waals surface area contributed by atoms with Crippen LogP contribution in [0.2, 0.25) is 0 Å². The number of anilines is 3. The van der Waals surface area contributed by atoms with Crippen molar-refractivity contribution >= 4 is 17.5 Å². The van der Waals surface area contributed by atoms with E-state index >= 15 is 0 Å². The lowest BCUT2D eigenvalue weighted by Crippen LogP contribution is -2.15. The third kappa shape index (κ3) is 3.66. The van der Waals surface area contributed by atoms with Crippen LogP contribution in [0.5, 0.6) is 0 Å². The van der Waals surface area contributed by atoms with Crippen molar-refractivity contribution in [3.63, 3.8) is 0 Å². The molecule has 3 rings (SSSR count). The summed E-state index contributed by atoms with van der Waals surface area (Å²) in [6.45, 7) is 2.12. The Morgan fingerprint density at radius 3 is 2.26 bits per heavy atom. The van der Waals surface area contributed by atoms with Gasteiger partial charge in [0.1, 0.15) is 5.82 Å². The van der Waals surface area contributed by atoms with Crippen LogP contribution in [0.3, 0.4) is 0 Å². The highest BCUT2D eigenvalue weighted by atomic mass is 15.2.